The first-order valence-corrected chi connectivity index (χ1v) is 9.42. The number of anilines is 1. The summed E-state index contributed by atoms with van der Waals surface area (Å²) in [5, 5.41) is 16.4. The highest BCUT2D eigenvalue weighted by atomic mass is 35.5. The van der Waals surface area contributed by atoms with Crippen molar-refractivity contribution in [2.75, 3.05) is 25.1 Å². The lowest BCUT2D eigenvalue weighted by Crippen LogP contribution is -2.19. The number of pyridine rings is 1. The summed E-state index contributed by atoms with van der Waals surface area (Å²) in [6, 6.07) is 11.2. The molecule has 1 fully saturated rings. The molecule has 3 rings (SSSR count). The number of halogens is 1. The van der Waals surface area contributed by atoms with Crippen molar-refractivity contribution in [3.63, 3.8) is 0 Å². The predicted octanol–water partition coefficient (Wildman–Crippen LogP) is 4.59. The quantitative estimate of drug-likeness (QED) is 0.760. The van der Waals surface area contributed by atoms with E-state index in [0.29, 0.717) is 22.6 Å². The molecule has 2 heterocycles. The van der Waals surface area contributed by atoms with Gasteiger partial charge in [-0.05, 0) is 42.2 Å². The van der Waals surface area contributed by atoms with E-state index in [2.05, 4.69) is 29.5 Å². The molecule has 28 heavy (non-hydrogen) atoms. The number of aliphatic hydroxyl groups excluding tert-OH is 1. The van der Waals surface area contributed by atoms with E-state index in [0.717, 1.165) is 37.4 Å². The molecule has 1 aliphatic heterocycles. The Balaban J connectivity index is 0.000000281. The van der Waals surface area contributed by atoms with E-state index >= 15 is 0 Å². The third-order valence-corrected chi connectivity index (χ3v) is 4.78. The van der Waals surface area contributed by atoms with Crippen LogP contribution in [0.2, 0.25) is 5.02 Å². The Bertz CT molecular complexity index is 773. The molecule has 1 N–H and O–H groups in total. The number of aldehydes is 1. The zero-order chi connectivity index (χ0) is 20.9. The summed E-state index contributed by atoms with van der Waals surface area (Å²) < 4.78 is 0. The SMILES string of the molecule is C=Cc1ccc(C=O)nc1.CC[C@H]1CCN(c2ccc(C#N)c(Cl)c2)C1.CO. The zero-order valence-corrected chi connectivity index (χ0v) is 17.1. The molecule has 6 heteroatoms. The maximum absolute atomic E-state index is 10.1. The molecule has 1 aliphatic rings. The Hall–Kier alpha value is -2.68. The summed E-state index contributed by atoms with van der Waals surface area (Å²) in [5.74, 6) is 0.800. The molecule has 1 aromatic heterocycles. The van der Waals surface area contributed by atoms with Crippen molar-refractivity contribution in [1.29, 1.82) is 5.26 Å². The Morgan fingerprint density at radius 2 is 2.14 bits per heavy atom. The molecule has 1 atom stereocenters. The van der Waals surface area contributed by atoms with Gasteiger partial charge >= 0.3 is 0 Å². The van der Waals surface area contributed by atoms with E-state index in [1.807, 2.05) is 12.1 Å². The first kappa shape index (κ1) is 23.4. The smallest absolute Gasteiger partial charge is 0.168 e. The van der Waals surface area contributed by atoms with Gasteiger partial charge in [-0.3, -0.25) is 9.78 Å². The van der Waals surface area contributed by atoms with Gasteiger partial charge in [-0.1, -0.05) is 43.7 Å². The molecule has 0 aliphatic carbocycles. The number of carbonyl (C=O) groups is 1. The summed E-state index contributed by atoms with van der Waals surface area (Å²) >= 11 is 6.03. The van der Waals surface area contributed by atoms with Crippen molar-refractivity contribution >= 4 is 29.7 Å². The second kappa shape index (κ2) is 12.7. The van der Waals surface area contributed by atoms with Crippen molar-refractivity contribution in [3.05, 3.63) is 65.0 Å². The summed E-state index contributed by atoms with van der Waals surface area (Å²) in [7, 11) is 1.00. The number of nitriles is 1. The van der Waals surface area contributed by atoms with E-state index in [4.69, 9.17) is 22.0 Å². The number of hydrogen-bond acceptors (Lipinski definition) is 5. The number of carbonyl (C=O) groups excluding carboxylic acids is 1. The maximum Gasteiger partial charge on any atom is 0.168 e. The fourth-order valence-electron chi connectivity index (χ4n) is 2.80. The molecule has 1 saturated heterocycles. The minimum absolute atomic E-state index is 0.450. The molecule has 0 amide bonds. The predicted molar refractivity (Wildman–Crippen MR) is 115 cm³/mol. The molecule has 148 valence electrons. The first-order chi connectivity index (χ1) is 13.6. The molecule has 0 saturated carbocycles. The van der Waals surface area contributed by atoms with Crippen LogP contribution in [0.25, 0.3) is 6.08 Å². The zero-order valence-electron chi connectivity index (χ0n) is 16.3. The number of aliphatic hydroxyl groups is 1. The van der Waals surface area contributed by atoms with Crippen LogP contribution in [-0.2, 0) is 0 Å². The van der Waals surface area contributed by atoms with Gasteiger partial charge in [0.25, 0.3) is 0 Å². The normalized spacial score (nSPS) is 14.7. The number of benzene rings is 1. The fraction of sp³-hybridized carbons (Fsp3) is 0.318. The van der Waals surface area contributed by atoms with Crippen molar-refractivity contribution in [2.24, 2.45) is 5.92 Å². The molecule has 1 aromatic carbocycles. The maximum atomic E-state index is 10.1. The molecule has 0 radical (unpaired) electrons. The lowest BCUT2D eigenvalue weighted by atomic mass is 10.1. The van der Waals surface area contributed by atoms with Crippen molar-refractivity contribution < 1.29 is 9.90 Å². The number of aromatic nitrogens is 1. The molecule has 2 aromatic rings. The fourth-order valence-corrected chi connectivity index (χ4v) is 3.02. The molecule has 0 bridgehead atoms. The van der Waals surface area contributed by atoms with Crippen LogP contribution in [0.1, 0.15) is 41.4 Å². The lowest BCUT2D eigenvalue weighted by Gasteiger charge is -2.18. The van der Waals surface area contributed by atoms with Gasteiger partial charge in [0.05, 0.1) is 10.6 Å². The summed E-state index contributed by atoms with van der Waals surface area (Å²) in [5.41, 5.74) is 3.06. The van der Waals surface area contributed by atoms with Crippen LogP contribution in [0.5, 0.6) is 0 Å². The van der Waals surface area contributed by atoms with Gasteiger partial charge in [-0.15, -0.1) is 0 Å². The van der Waals surface area contributed by atoms with E-state index in [-0.39, 0.29) is 0 Å². The highest BCUT2D eigenvalue weighted by Crippen LogP contribution is 2.28. The monoisotopic (exact) mass is 399 g/mol. The van der Waals surface area contributed by atoms with Gasteiger partial charge in [0.15, 0.2) is 6.29 Å². The largest absolute Gasteiger partial charge is 0.400 e. The summed E-state index contributed by atoms with van der Waals surface area (Å²) in [6.07, 6.45) is 6.50. The second-order valence-electron chi connectivity index (χ2n) is 6.12. The van der Waals surface area contributed by atoms with Crippen LogP contribution in [0, 0.1) is 17.2 Å². The molecule has 0 spiro atoms. The van der Waals surface area contributed by atoms with Gasteiger partial charge in [-0.25, -0.2) is 0 Å². The van der Waals surface area contributed by atoms with Crippen LogP contribution in [0.3, 0.4) is 0 Å². The van der Waals surface area contributed by atoms with Crippen molar-refractivity contribution in [3.8, 4) is 6.07 Å². The molecule has 5 nitrogen and oxygen atoms in total. The van der Waals surface area contributed by atoms with Crippen LogP contribution in [0.15, 0.2) is 43.1 Å². The van der Waals surface area contributed by atoms with Crippen LogP contribution < -0.4 is 4.90 Å². The van der Waals surface area contributed by atoms with Crippen LogP contribution in [0.4, 0.5) is 5.69 Å². The molecular formula is C22H26ClN3O2. The Kier molecular flexibility index (Phi) is 10.6. The molecular weight excluding hydrogens is 374 g/mol. The third-order valence-electron chi connectivity index (χ3n) is 4.47. The van der Waals surface area contributed by atoms with Gasteiger partial charge < -0.3 is 10.0 Å². The van der Waals surface area contributed by atoms with Gasteiger partial charge in [-0.2, -0.15) is 5.26 Å². The Labute approximate surface area is 171 Å². The number of nitrogens with zero attached hydrogens (tertiary/aromatic N) is 3. The summed E-state index contributed by atoms with van der Waals surface area (Å²) in [6.45, 7) is 8.00. The topological polar surface area (TPSA) is 77.2 Å². The standard InChI is InChI=1S/C13H15ClN2.C8H7NO.CH4O/c1-2-10-5-6-16(9-10)12-4-3-11(8-15)13(14)7-12;1-2-7-3-4-8(6-10)9-5-7;1-2/h3-4,7,10H,2,5-6,9H2,1H3;2-6H,1H2;2H,1H3/t10-;;/m0../s1. The van der Waals surface area contributed by atoms with Gasteiger partial charge in [0.2, 0.25) is 0 Å². The molecule has 0 unspecified atom stereocenters. The Morgan fingerprint density at radius 1 is 1.39 bits per heavy atom. The average Bonchev–Trinajstić information content (AvgIpc) is 3.25. The van der Waals surface area contributed by atoms with Crippen LogP contribution in [-0.4, -0.2) is 36.6 Å². The number of hydrogen-bond donors (Lipinski definition) is 1. The first-order valence-electron chi connectivity index (χ1n) is 9.04. The van der Waals surface area contributed by atoms with E-state index in [1.54, 1.807) is 30.5 Å². The minimum Gasteiger partial charge on any atom is -0.400 e. The number of rotatable bonds is 4. The lowest BCUT2D eigenvalue weighted by molar-refractivity contribution is 0.111. The highest BCUT2D eigenvalue weighted by molar-refractivity contribution is 6.32. The summed E-state index contributed by atoms with van der Waals surface area (Å²) in [4.78, 5) is 16.3. The minimum atomic E-state index is 0.450. The third kappa shape index (κ3) is 6.80. The van der Waals surface area contributed by atoms with E-state index in [9.17, 15) is 4.79 Å². The van der Waals surface area contributed by atoms with Crippen molar-refractivity contribution in [1.82, 2.24) is 4.98 Å². The van der Waals surface area contributed by atoms with Gasteiger partial charge in [0.1, 0.15) is 11.8 Å². The van der Waals surface area contributed by atoms with E-state index < -0.39 is 0 Å². The van der Waals surface area contributed by atoms with Crippen molar-refractivity contribution in [2.45, 2.75) is 19.8 Å². The average molecular weight is 400 g/mol. The Morgan fingerprint density at radius 3 is 2.61 bits per heavy atom. The van der Waals surface area contributed by atoms with Crippen LogP contribution >= 0.6 is 11.6 Å². The van der Waals surface area contributed by atoms with Gasteiger partial charge in [0, 0.05) is 32.1 Å². The van der Waals surface area contributed by atoms with E-state index in [1.165, 1.54) is 12.8 Å². The highest BCUT2D eigenvalue weighted by Gasteiger charge is 2.21. The second-order valence-corrected chi connectivity index (χ2v) is 6.53.